The Bertz CT molecular complexity index is 358. The van der Waals surface area contributed by atoms with Crippen molar-refractivity contribution in [1.29, 1.82) is 0 Å². The zero-order chi connectivity index (χ0) is 10.8. The Balaban J connectivity index is 2.41. The molecule has 0 amide bonds. The highest BCUT2D eigenvalue weighted by molar-refractivity contribution is 5.48. The number of benzene rings is 1. The Hall–Kier alpha value is -1.18. The quantitative estimate of drug-likeness (QED) is 0.740. The smallest absolute Gasteiger partial charge is 0.161 e. The summed E-state index contributed by atoms with van der Waals surface area (Å²) in [6.07, 6.45) is 3.61. The zero-order valence-corrected chi connectivity index (χ0v) is 9.67. The van der Waals surface area contributed by atoms with E-state index in [0.717, 1.165) is 30.3 Å². The van der Waals surface area contributed by atoms with E-state index in [-0.39, 0.29) is 0 Å². The molecular weight excluding hydrogens is 188 g/mol. The molecule has 1 atom stereocenters. The molecule has 1 aromatic carbocycles. The molecule has 1 aliphatic carbocycles. The molecule has 1 aliphatic rings. The molecule has 0 aromatic heterocycles. The van der Waals surface area contributed by atoms with Gasteiger partial charge in [0.2, 0.25) is 0 Å². The van der Waals surface area contributed by atoms with Crippen LogP contribution >= 0.6 is 0 Å². The van der Waals surface area contributed by atoms with E-state index in [2.05, 4.69) is 19.1 Å². The van der Waals surface area contributed by atoms with Gasteiger partial charge in [0.15, 0.2) is 11.5 Å². The molecule has 1 aromatic rings. The van der Waals surface area contributed by atoms with Gasteiger partial charge in [-0.25, -0.2) is 0 Å². The first kappa shape index (κ1) is 10.3. The first-order valence-electron chi connectivity index (χ1n) is 5.48. The number of fused-ring (bicyclic) bond motifs is 1. The van der Waals surface area contributed by atoms with Crippen molar-refractivity contribution in [3.05, 3.63) is 23.3 Å². The fraction of sp³-hybridized carbons (Fsp3) is 0.538. The third-order valence-electron chi connectivity index (χ3n) is 3.18. The highest BCUT2D eigenvalue weighted by Gasteiger charge is 2.18. The van der Waals surface area contributed by atoms with E-state index in [1.165, 1.54) is 17.5 Å². The van der Waals surface area contributed by atoms with Gasteiger partial charge in [-0.2, -0.15) is 0 Å². The van der Waals surface area contributed by atoms with Crippen molar-refractivity contribution >= 4 is 0 Å². The molecule has 2 heteroatoms. The Morgan fingerprint density at radius 1 is 1.07 bits per heavy atom. The molecule has 0 bridgehead atoms. The van der Waals surface area contributed by atoms with Crippen LogP contribution in [0, 0.1) is 5.92 Å². The van der Waals surface area contributed by atoms with Crippen LogP contribution in [0.2, 0.25) is 0 Å². The van der Waals surface area contributed by atoms with Gasteiger partial charge in [-0.15, -0.1) is 0 Å². The van der Waals surface area contributed by atoms with Gasteiger partial charge >= 0.3 is 0 Å². The monoisotopic (exact) mass is 206 g/mol. The maximum absolute atomic E-state index is 5.31. The normalized spacial score (nSPS) is 19.5. The third-order valence-corrected chi connectivity index (χ3v) is 3.18. The Morgan fingerprint density at radius 2 is 1.67 bits per heavy atom. The standard InChI is InChI=1S/C13H18O2/c1-9-4-5-10-7-12(14-2)13(15-3)8-11(10)6-9/h7-9H,4-6H2,1-3H3. The van der Waals surface area contributed by atoms with E-state index in [0.29, 0.717) is 0 Å². The Kier molecular flexibility index (Phi) is 2.85. The van der Waals surface area contributed by atoms with E-state index in [9.17, 15) is 0 Å². The maximum Gasteiger partial charge on any atom is 0.161 e. The van der Waals surface area contributed by atoms with Crippen molar-refractivity contribution in [2.45, 2.75) is 26.2 Å². The molecule has 15 heavy (non-hydrogen) atoms. The number of rotatable bonds is 2. The van der Waals surface area contributed by atoms with Gasteiger partial charge in [-0.1, -0.05) is 6.92 Å². The lowest BCUT2D eigenvalue weighted by Crippen LogP contribution is -2.11. The van der Waals surface area contributed by atoms with Crippen LogP contribution in [0.5, 0.6) is 11.5 Å². The van der Waals surface area contributed by atoms with Crippen molar-refractivity contribution in [2.24, 2.45) is 5.92 Å². The Morgan fingerprint density at radius 3 is 2.27 bits per heavy atom. The minimum absolute atomic E-state index is 0.788. The Labute approximate surface area is 91.2 Å². The predicted molar refractivity (Wildman–Crippen MR) is 60.7 cm³/mol. The summed E-state index contributed by atoms with van der Waals surface area (Å²) in [5.41, 5.74) is 2.84. The van der Waals surface area contributed by atoms with E-state index in [1.807, 2.05) is 0 Å². The molecule has 0 radical (unpaired) electrons. The maximum atomic E-state index is 5.31. The van der Waals surface area contributed by atoms with Gasteiger partial charge in [0.1, 0.15) is 0 Å². The van der Waals surface area contributed by atoms with Gasteiger partial charge in [0, 0.05) is 0 Å². The number of aryl methyl sites for hydroxylation is 1. The summed E-state index contributed by atoms with van der Waals surface area (Å²) in [6, 6.07) is 4.25. The number of methoxy groups -OCH3 is 2. The largest absolute Gasteiger partial charge is 0.493 e. The lowest BCUT2D eigenvalue weighted by Gasteiger charge is -2.23. The number of hydrogen-bond acceptors (Lipinski definition) is 2. The van der Waals surface area contributed by atoms with E-state index < -0.39 is 0 Å². The average Bonchev–Trinajstić information content (AvgIpc) is 2.27. The van der Waals surface area contributed by atoms with Crippen LogP contribution in [0.15, 0.2) is 12.1 Å². The molecule has 0 aliphatic heterocycles. The van der Waals surface area contributed by atoms with Crippen molar-refractivity contribution in [1.82, 2.24) is 0 Å². The second-order valence-corrected chi connectivity index (χ2v) is 4.32. The summed E-state index contributed by atoms with van der Waals surface area (Å²) < 4.78 is 10.6. The fourth-order valence-corrected chi connectivity index (χ4v) is 2.27. The van der Waals surface area contributed by atoms with Crippen LogP contribution in [0.4, 0.5) is 0 Å². The van der Waals surface area contributed by atoms with Crippen molar-refractivity contribution in [2.75, 3.05) is 14.2 Å². The van der Waals surface area contributed by atoms with Gasteiger partial charge < -0.3 is 9.47 Å². The van der Waals surface area contributed by atoms with E-state index >= 15 is 0 Å². The summed E-state index contributed by atoms with van der Waals surface area (Å²) in [5.74, 6) is 2.49. The lowest BCUT2D eigenvalue weighted by atomic mass is 9.85. The molecular formula is C13H18O2. The highest BCUT2D eigenvalue weighted by Crippen LogP contribution is 2.35. The molecule has 0 spiro atoms. The van der Waals surface area contributed by atoms with Gasteiger partial charge in [-0.05, 0) is 48.4 Å². The van der Waals surface area contributed by atoms with Crippen LogP contribution in [-0.2, 0) is 12.8 Å². The van der Waals surface area contributed by atoms with Crippen molar-refractivity contribution < 1.29 is 9.47 Å². The predicted octanol–water partition coefficient (Wildman–Crippen LogP) is 2.83. The molecule has 2 rings (SSSR count). The molecule has 0 saturated heterocycles. The highest BCUT2D eigenvalue weighted by atomic mass is 16.5. The molecule has 0 heterocycles. The molecule has 0 saturated carbocycles. The minimum Gasteiger partial charge on any atom is -0.493 e. The summed E-state index contributed by atoms with van der Waals surface area (Å²) in [6.45, 7) is 2.31. The number of ether oxygens (including phenoxy) is 2. The minimum atomic E-state index is 0.788. The molecule has 0 N–H and O–H groups in total. The first-order chi connectivity index (χ1) is 7.24. The first-order valence-corrected chi connectivity index (χ1v) is 5.48. The number of hydrogen-bond donors (Lipinski definition) is 0. The van der Waals surface area contributed by atoms with Gasteiger partial charge in [-0.3, -0.25) is 0 Å². The van der Waals surface area contributed by atoms with Crippen LogP contribution in [0.1, 0.15) is 24.5 Å². The molecule has 2 nitrogen and oxygen atoms in total. The summed E-state index contributed by atoms with van der Waals surface area (Å²) in [4.78, 5) is 0. The van der Waals surface area contributed by atoms with Gasteiger partial charge in [0.25, 0.3) is 0 Å². The zero-order valence-electron chi connectivity index (χ0n) is 9.67. The molecule has 1 unspecified atom stereocenters. The topological polar surface area (TPSA) is 18.5 Å². The SMILES string of the molecule is COc1cc2c(cc1OC)CC(C)CC2. The van der Waals surface area contributed by atoms with E-state index in [1.54, 1.807) is 14.2 Å². The second-order valence-electron chi connectivity index (χ2n) is 4.32. The van der Waals surface area contributed by atoms with Crippen molar-refractivity contribution in [3.8, 4) is 11.5 Å². The van der Waals surface area contributed by atoms with Gasteiger partial charge in [0.05, 0.1) is 14.2 Å². The van der Waals surface area contributed by atoms with Crippen LogP contribution < -0.4 is 9.47 Å². The second kappa shape index (κ2) is 4.13. The van der Waals surface area contributed by atoms with E-state index in [4.69, 9.17) is 9.47 Å². The summed E-state index contributed by atoms with van der Waals surface area (Å²) in [5, 5.41) is 0. The van der Waals surface area contributed by atoms with Crippen LogP contribution in [0.3, 0.4) is 0 Å². The van der Waals surface area contributed by atoms with Crippen molar-refractivity contribution in [3.63, 3.8) is 0 Å². The molecule has 82 valence electrons. The van der Waals surface area contributed by atoms with Crippen LogP contribution in [0.25, 0.3) is 0 Å². The average molecular weight is 206 g/mol. The van der Waals surface area contributed by atoms with Crippen LogP contribution in [-0.4, -0.2) is 14.2 Å². The third kappa shape index (κ3) is 1.94. The molecule has 0 fully saturated rings. The summed E-state index contributed by atoms with van der Waals surface area (Å²) in [7, 11) is 3.38. The fourth-order valence-electron chi connectivity index (χ4n) is 2.27. The summed E-state index contributed by atoms with van der Waals surface area (Å²) >= 11 is 0. The lowest BCUT2D eigenvalue weighted by molar-refractivity contribution is 0.352.